The van der Waals surface area contributed by atoms with E-state index in [1.54, 1.807) is 0 Å². The first-order valence-electron chi connectivity index (χ1n) is 6.67. The Bertz CT molecular complexity index is 625. The Labute approximate surface area is 137 Å². The summed E-state index contributed by atoms with van der Waals surface area (Å²) in [6, 6.07) is 4.08. The molecule has 3 N–H and O–H groups in total. The third-order valence-electron chi connectivity index (χ3n) is 3.51. The van der Waals surface area contributed by atoms with Crippen LogP contribution in [0.3, 0.4) is 0 Å². The number of nitrogens with one attached hydrogen (secondary N) is 1. The van der Waals surface area contributed by atoms with Crippen molar-refractivity contribution in [3.05, 3.63) is 33.3 Å². The first-order valence-corrected chi connectivity index (χ1v) is 7.46. The number of hydrogen-bond acceptors (Lipinski definition) is 4. The van der Waals surface area contributed by atoms with Gasteiger partial charge in [-0.3, -0.25) is 14.9 Å². The van der Waals surface area contributed by atoms with Crippen LogP contribution in [0.5, 0.6) is 0 Å². The smallest absolute Gasteiger partial charge is 0.271 e. The summed E-state index contributed by atoms with van der Waals surface area (Å²) in [5, 5.41) is 14.4. The van der Waals surface area contributed by atoms with Gasteiger partial charge in [-0.2, -0.15) is 0 Å². The lowest BCUT2D eigenvalue weighted by molar-refractivity contribution is -0.384. The quantitative estimate of drug-likeness (QED) is 0.495. The Morgan fingerprint density at radius 1 is 1.55 bits per heavy atom. The third-order valence-corrected chi connectivity index (χ3v) is 4.20. The highest BCUT2D eigenvalue weighted by atomic mass is 35.5. The molecule has 0 radical (unpaired) electrons. The second-order valence-electron chi connectivity index (χ2n) is 5.04. The van der Waals surface area contributed by atoms with Crippen LogP contribution in [-0.2, 0) is 4.79 Å². The summed E-state index contributed by atoms with van der Waals surface area (Å²) in [6.45, 7) is 1.13. The normalized spacial score (nSPS) is 17.9. The van der Waals surface area contributed by atoms with Crippen molar-refractivity contribution in [3.8, 4) is 0 Å². The Morgan fingerprint density at radius 2 is 2.27 bits per heavy atom. The molecule has 118 valence electrons. The maximum atomic E-state index is 11.3. The SMILES string of the molecule is NC(=O)C1CCCN(C(=S)Nc2cc([N+](=O)[O-])ccc2Cl)C1. The highest BCUT2D eigenvalue weighted by Gasteiger charge is 2.25. The zero-order valence-corrected chi connectivity index (χ0v) is 13.2. The molecule has 0 aliphatic carbocycles. The zero-order valence-electron chi connectivity index (χ0n) is 11.6. The number of thiocarbonyl (C=S) groups is 1. The average molecular weight is 343 g/mol. The molecule has 1 aliphatic rings. The number of halogens is 1. The van der Waals surface area contributed by atoms with Gasteiger partial charge in [0.05, 0.1) is 21.6 Å². The maximum Gasteiger partial charge on any atom is 0.271 e. The lowest BCUT2D eigenvalue weighted by Crippen LogP contribution is -2.45. The van der Waals surface area contributed by atoms with Gasteiger partial charge in [0.2, 0.25) is 5.91 Å². The summed E-state index contributed by atoms with van der Waals surface area (Å²) in [6.07, 6.45) is 1.55. The number of non-ortho nitro benzene ring substituents is 1. The van der Waals surface area contributed by atoms with E-state index in [1.807, 2.05) is 4.90 Å². The molecule has 0 bridgehead atoms. The van der Waals surface area contributed by atoms with E-state index in [-0.39, 0.29) is 17.5 Å². The summed E-state index contributed by atoms with van der Waals surface area (Å²) in [4.78, 5) is 23.4. The van der Waals surface area contributed by atoms with Crippen molar-refractivity contribution in [1.82, 2.24) is 4.90 Å². The molecule has 9 heteroatoms. The summed E-state index contributed by atoms with van der Waals surface area (Å²) < 4.78 is 0. The Kier molecular flexibility index (Phi) is 5.15. The first kappa shape index (κ1) is 16.4. The van der Waals surface area contributed by atoms with Crippen LogP contribution in [0.15, 0.2) is 18.2 Å². The van der Waals surface area contributed by atoms with Crippen LogP contribution in [-0.4, -0.2) is 33.9 Å². The van der Waals surface area contributed by atoms with Crippen molar-refractivity contribution < 1.29 is 9.72 Å². The molecule has 1 fully saturated rings. The highest BCUT2D eigenvalue weighted by molar-refractivity contribution is 7.80. The van der Waals surface area contributed by atoms with Gasteiger partial charge < -0.3 is 16.0 Å². The van der Waals surface area contributed by atoms with Gasteiger partial charge in [-0.25, -0.2) is 0 Å². The van der Waals surface area contributed by atoms with E-state index < -0.39 is 4.92 Å². The van der Waals surface area contributed by atoms with E-state index in [4.69, 9.17) is 29.6 Å². The van der Waals surface area contributed by atoms with Crippen molar-refractivity contribution in [1.29, 1.82) is 0 Å². The van der Waals surface area contributed by atoms with Gasteiger partial charge in [0, 0.05) is 25.2 Å². The Balaban J connectivity index is 2.10. The van der Waals surface area contributed by atoms with Gasteiger partial charge in [0.25, 0.3) is 5.69 Å². The van der Waals surface area contributed by atoms with Crippen molar-refractivity contribution in [3.63, 3.8) is 0 Å². The van der Waals surface area contributed by atoms with Gasteiger partial charge in [0.1, 0.15) is 0 Å². The molecule has 1 atom stereocenters. The number of amides is 1. The number of carbonyl (C=O) groups is 1. The number of nitrogens with zero attached hydrogens (tertiary/aromatic N) is 2. The molecular formula is C13H15ClN4O3S. The molecule has 1 unspecified atom stereocenters. The molecule has 0 saturated carbocycles. The molecule has 7 nitrogen and oxygen atoms in total. The molecule has 1 aliphatic heterocycles. The fraction of sp³-hybridized carbons (Fsp3) is 0.385. The number of benzene rings is 1. The predicted octanol–water partition coefficient (Wildman–Crippen LogP) is 2.14. The van der Waals surface area contributed by atoms with Crippen LogP contribution in [0.25, 0.3) is 0 Å². The lowest BCUT2D eigenvalue weighted by Gasteiger charge is -2.33. The topological polar surface area (TPSA) is 102 Å². The van der Waals surface area contributed by atoms with Gasteiger partial charge in [-0.05, 0) is 31.1 Å². The van der Waals surface area contributed by atoms with Crippen molar-refractivity contribution >= 4 is 46.2 Å². The number of carbonyl (C=O) groups excluding carboxylic acids is 1. The Hall–Kier alpha value is -1.93. The van der Waals surface area contributed by atoms with E-state index in [9.17, 15) is 14.9 Å². The summed E-state index contributed by atoms with van der Waals surface area (Å²) in [5.41, 5.74) is 5.62. The summed E-state index contributed by atoms with van der Waals surface area (Å²) in [5.74, 6) is -0.588. The van der Waals surface area contributed by atoms with Crippen LogP contribution < -0.4 is 11.1 Å². The molecule has 0 aromatic heterocycles. The van der Waals surface area contributed by atoms with E-state index in [0.29, 0.717) is 28.9 Å². The molecule has 2 rings (SSSR count). The van der Waals surface area contributed by atoms with Gasteiger partial charge >= 0.3 is 0 Å². The number of nitrogens with two attached hydrogens (primary N) is 1. The molecule has 1 heterocycles. The van der Waals surface area contributed by atoms with E-state index in [1.165, 1.54) is 18.2 Å². The largest absolute Gasteiger partial charge is 0.369 e. The highest BCUT2D eigenvalue weighted by Crippen LogP contribution is 2.27. The molecule has 1 amide bonds. The van der Waals surface area contributed by atoms with Crippen molar-refractivity contribution in [2.45, 2.75) is 12.8 Å². The van der Waals surface area contributed by atoms with Gasteiger partial charge in [-0.15, -0.1) is 0 Å². The second-order valence-corrected chi connectivity index (χ2v) is 5.83. The first-order chi connectivity index (χ1) is 10.4. The molecular weight excluding hydrogens is 328 g/mol. The maximum absolute atomic E-state index is 11.3. The second kappa shape index (κ2) is 6.89. The number of piperidine rings is 1. The van der Waals surface area contributed by atoms with Crippen LogP contribution in [0.4, 0.5) is 11.4 Å². The number of rotatable bonds is 3. The minimum Gasteiger partial charge on any atom is -0.369 e. The standard InChI is InChI=1S/C13H15ClN4O3S/c14-10-4-3-9(18(20)21)6-11(10)16-13(22)17-5-1-2-8(7-17)12(15)19/h3-4,6,8H,1-2,5,7H2,(H2,15,19)(H,16,22). The molecule has 1 saturated heterocycles. The molecule has 1 aromatic rings. The van der Waals surface area contributed by atoms with Crippen LogP contribution in [0.2, 0.25) is 5.02 Å². The average Bonchev–Trinajstić information content (AvgIpc) is 2.49. The lowest BCUT2D eigenvalue weighted by atomic mass is 9.98. The van der Waals surface area contributed by atoms with E-state index in [0.717, 1.165) is 12.8 Å². The number of nitro groups is 1. The minimum atomic E-state index is -0.505. The minimum absolute atomic E-state index is 0.0802. The van der Waals surface area contributed by atoms with Gasteiger partial charge in [0.15, 0.2) is 5.11 Å². The van der Waals surface area contributed by atoms with Gasteiger partial charge in [-0.1, -0.05) is 11.6 Å². The molecule has 0 spiro atoms. The predicted molar refractivity (Wildman–Crippen MR) is 87.8 cm³/mol. The third kappa shape index (κ3) is 3.83. The molecule has 22 heavy (non-hydrogen) atoms. The van der Waals surface area contributed by atoms with Crippen LogP contribution >= 0.6 is 23.8 Å². The number of anilines is 1. The fourth-order valence-electron chi connectivity index (χ4n) is 2.31. The van der Waals surface area contributed by atoms with Crippen molar-refractivity contribution in [2.75, 3.05) is 18.4 Å². The summed E-state index contributed by atoms with van der Waals surface area (Å²) >= 11 is 11.3. The number of primary amides is 1. The molecule has 1 aromatic carbocycles. The van der Waals surface area contributed by atoms with Crippen LogP contribution in [0.1, 0.15) is 12.8 Å². The fourth-order valence-corrected chi connectivity index (χ4v) is 2.75. The number of nitro benzene ring substituents is 1. The zero-order chi connectivity index (χ0) is 16.3. The van der Waals surface area contributed by atoms with Crippen LogP contribution in [0, 0.1) is 16.0 Å². The van der Waals surface area contributed by atoms with E-state index in [2.05, 4.69) is 5.32 Å². The number of hydrogen-bond donors (Lipinski definition) is 2. The summed E-state index contributed by atoms with van der Waals surface area (Å²) in [7, 11) is 0. The number of likely N-dealkylation sites (tertiary alicyclic amines) is 1. The monoisotopic (exact) mass is 342 g/mol. The Morgan fingerprint density at radius 3 is 2.91 bits per heavy atom. The van der Waals surface area contributed by atoms with Crippen molar-refractivity contribution in [2.24, 2.45) is 11.7 Å². The van der Waals surface area contributed by atoms with E-state index >= 15 is 0 Å².